The third kappa shape index (κ3) is 6.87. The Morgan fingerprint density at radius 1 is 1.03 bits per heavy atom. The van der Waals surface area contributed by atoms with Gasteiger partial charge in [-0.2, -0.15) is 0 Å². The number of carbonyl (C=O) groups excluding carboxylic acids is 2. The number of nitrogens with zero attached hydrogens (tertiary/aromatic N) is 4. The Bertz CT molecular complexity index is 1070. The van der Waals surface area contributed by atoms with Gasteiger partial charge in [0.1, 0.15) is 11.7 Å². The zero-order valence-corrected chi connectivity index (χ0v) is 22.6. The molecule has 9 heteroatoms. The summed E-state index contributed by atoms with van der Waals surface area (Å²) in [5, 5.41) is 0. The average Bonchev–Trinajstić information content (AvgIpc) is 2.96. The molecule has 2 aromatic rings. The van der Waals surface area contributed by atoms with Crippen LogP contribution in [0.1, 0.15) is 69.2 Å². The minimum atomic E-state index is -1.08. The molecule has 1 aromatic carbocycles. The summed E-state index contributed by atoms with van der Waals surface area (Å²) in [7, 11) is 0. The van der Waals surface area contributed by atoms with Gasteiger partial charge in [-0.3, -0.25) is 9.59 Å². The van der Waals surface area contributed by atoms with Gasteiger partial charge < -0.3 is 20.3 Å². The van der Waals surface area contributed by atoms with Gasteiger partial charge in [-0.15, -0.1) is 0 Å². The Hall–Kier alpha value is -3.07. The molecule has 4 rings (SSSR count). The van der Waals surface area contributed by atoms with Crippen molar-refractivity contribution in [3.05, 3.63) is 42.2 Å². The highest BCUT2D eigenvalue weighted by Crippen LogP contribution is 2.26. The van der Waals surface area contributed by atoms with Gasteiger partial charge >= 0.3 is 0 Å². The molecule has 2 saturated heterocycles. The van der Waals surface area contributed by atoms with Crippen molar-refractivity contribution in [2.75, 3.05) is 32.8 Å². The Balaban J connectivity index is 1.27. The first-order valence-electron chi connectivity index (χ1n) is 13.9. The largest absolute Gasteiger partial charge is 0.490 e. The van der Waals surface area contributed by atoms with Crippen LogP contribution in [0.2, 0.25) is 0 Å². The predicted molar refractivity (Wildman–Crippen MR) is 144 cm³/mol. The number of rotatable bonds is 10. The topological polar surface area (TPSA) is 102 Å². The van der Waals surface area contributed by atoms with Crippen molar-refractivity contribution in [1.29, 1.82) is 0 Å². The van der Waals surface area contributed by atoms with Gasteiger partial charge in [-0.05, 0) is 76.1 Å². The minimum Gasteiger partial charge on any atom is -0.490 e. The summed E-state index contributed by atoms with van der Waals surface area (Å²) in [4.78, 5) is 37.4. The highest BCUT2D eigenvalue weighted by Gasteiger charge is 2.32. The fourth-order valence-electron chi connectivity index (χ4n) is 5.34. The average molecular weight is 526 g/mol. The number of aromatic nitrogens is 2. The minimum absolute atomic E-state index is 0.185. The predicted octanol–water partition coefficient (Wildman–Crippen LogP) is 4.24. The van der Waals surface area contributed by atoms with Crippen molar-refractivity contribution in [2.45, 2.75) is 70.5 Å². The lowest BCUT2D eigenvalue weighted by Crippen LogP contribution is -2.50. The van der Waals surface area contributed by atoms with Crippen LogP contribution in [0.25, 0.3) is 11.4 Å². The summed E-state index contributed by atoms with van der Waals surface area (Å²) in [6.45, 7) is 7.29. The lowest BCUT2D eigenvalue weighted by Gasteiger charge is -2.36. The lowest BCUT2D eigenvalue weighted by atomic mass is 9.94. The number of amides is 2. The summed E-state index contributed by atoms with van der Waals surface area (Å²) in [5.41, 5.74) is 5.72. The summed E-state index contributed by atoms with van der Waals surface area (Å²) in [6, 6.07) is 6.54. The molecule has 0 aliphatic carbocycles. The number of likely N-dealkylation sites (tertiary alicyclic amines) is 2. The van der Waals surface area contributed by atoms with E-state index in [2.05, 4.69) is 14.9 Å². The second kappa shape index (κ2) is 12.7. The molecule has 0 unspecified atom stereocenters. The van der Waals surface area contributed by atoms with Crippen LogP contribution >= 0.6 is 0 Å². The second-order valence-electron chi connectivity index (χ2n) is 10.6. The number of nitrogens with two attached hydrogens (primary N) is 1. The molecule has 8 nitrogen and oxygen atoms in total. The van der Waals surface area contributed by atoms with E-state index in [-0.39, 0.29) is 5.91 Å². The van der Waals surface area contributed by atoms with Crippen LogP contribution in [0, 0.1) is 5.92 Å². The molecule has 0 spiro atoms. The molecule has 0 bridgehead atoms. The van der Waals surface area contributed by atoms with Crippen LogP contribution in [-0.2, 0) is 4.79 Å². The van der Waals surface area contributed by atoms with E-state index in [0.717, 1.165) is 44.3 Å². The Morgan fingerprint density at radius 3 is 2.29 bits per heavy atom. The lowest BCUT2D eigenvalue weighted by molar-refractivity contribution is -0.123. The second-order valence-corrected chi connectivity index (χ2v) is 10.6. The summed E-state index contributed by atoms with van der Waals surface area (Å²) in [5.74, 6) is 0.949. The van der Waals surface area contributed by atoms with Crippen molar-refractivity contribution >= 4 is 11.8 Å². The van der Waals surface area contributed by atoms with Crippen molar-refractivity contribution in [3.63, 3.8) is 0 Å². The molecular weight excluding hydrogens is 485 g/mol. The number of benzene rings is 1. The van der Waals surface area contributed by atoms with Crippen LogP contribution in [0.4, 0.5) is 4.39 Å². The maximum Gasteiger partial charge on any atom is 0.254 e. The van der Waals surface area contributed by atoms with Crippen molar-refractivity contribution in [2.24, 2.45) is 11.7 Å². The van der Waals surface area contributed by atoms with E-state index in [9.17, 15) is 14.0 Å². The summed E-state index contributed by atoms with van der Waals surface area (Å²) in [6.07, 6.45) is 8.80. The fraction of sp³-hybridized carbons (Fsp3) is 0.586. The van der Waals surface area contributed by atoms with Crippen molar-refractivity contribution < 1.29 is 18.7 Å². The van der Waals surface area contributed by atoms with E-state index in [1.54, 1.807) is 29.4 Å². The SMILES string of the molecule is CCC(F)(CC)CN1CCC(COc2cnc(-c3ccc(C(=O)N4CCCC[C@@H]4C(N)=O)cc3)nc2)CC1. The van der Waals surface area contributed by atoms with E-state index in [1.807, 2.05) is 26.0 Å². The van der Waals surface area contributed by atoms with Crippen LogP contribution in [0.15, 0.2) is 36.7 Å². The molecule has 2 aliphatic rings. The van der Waals surface area contributed by atoms with E-state index >= 15 is 0 Å². The number of ether oxygens (including phenoxy) is 1. The van der Waals surface area contributed by atoms with Crippen LogP contribution in [0.3, 0.4) is 0 Å². The van der Waals surface area contributed by atoms with Gasteiger partial charge in [0, 0.05) is 24.2 Å². The first-order chi connectivity index (χ1) is 18.3. The van der Waals surface area contributed by atoms with Crippen molar-refractivity contribution in [3.8, 4) is 17.1 Å². The number of halogens is 1. The first-order valence-corrected chi connectivity index (χ1v) is 13.9. The Morgan fingerprint density at radius 2 is 1.68 bits per heavy atom. The smallest absolute Gasteiger partial charge is 0.254 e. The Labute approximate surface area is 224 Å². The summed E-state index contributed by atoms with van der Waals surface area (Å²) >= 11 is 0. The number of piperidine rings is 2. The molecule has 0 radical (unpaired) electrons. The fourth-order valence-corrected chi connectivity index (χ4v) is 5.34. The zero-order chi connectivity index (χ0) is 27.1. The van der Waals surface area contributed by atoms with Gasteiger partial charge in [0.05, 0.1) is 19.0 Å². The number of hydrogen-bond acceptors (Lipinski definition) is 6. The van der Waals surface area contributed by atoms with Gasteiger partial charge in [-0.25, -0.2) is 14.4 Å². The molecule has 206 valence electrons. The summed E-state index contributed by atoms with van der Waals surface area (Å²) < 4.78 is 20.7. The van der Waals surface area contributed by atoms with E-state index in [1.165, 1.54) is 0 Å². The standard InChI is InChI=1S/C29H40FN5O3/c1-3-29(30,4-2)20-34-15-12-21(13-16-34)19-38-24-17-32-27(33-18-24)22-8-10-23(11-9-22)28(37)35-14-6-5-7-25(35)26(31)36/h8-11,17-18,21,25H,3-7,12-16,19-20H2,1-2H3,(H2,31,36)/t25-/m1/s1. The third-order valence-electron chi connectivity index (χ3n) is 8.08. The molecule has 2 aliphatic heterocycles. The maximum absolute atomic E-state index is 14.7. The van der Waals surface area contributed by atoms with Gasteiger partial charge in [0.2, 0.25) is 5.91 Å². The van der Waals surface area contributed by atoms with E-state index in [4.69, 9.17) is 10.5 Å². The molecule has 1 aromatic heterocycles. The monoisotopic (exact) mass is 525 g/mol. The van der Waals surface area contributed by atoms with E-state index < -0.39 is 17.6 Å². The number of carbonyl (C=O) groups is 2. The molecule has 0 saturated carbocycles. The molecule has 2 amide bonds. The highest BCUT2D eigenvalue weighted by molar-refractivity contribution is 5.97. The van der Waals surface area contributed by atoms with Crippen LogP contribution in [-0.4, -0.2) is 76.1 Å². The number of primary amides is 1. The highest BCUT2D eigenvalue weighted by atomic mass is 19.1. The van der Waals surface area contributed by atoms with Gasteiger partial charge in [0.25, 0.3) is 5.91 Å². The van der Waals surface area contributed by atoms with Crippen LogP contribution < -0.4 is 10.5 Å². The third-order valence-corrected chi connectivity index (χ3v) is 8.08. The zero-order valence-electron chi connectivity index (χ0n) is 22.6. The van der Waals surface area contributed by atoms with Crippen LogP contribution in [0.5, 0.6) is 5.75 Å². The number of alkyl halides is 1. The van der Waals surface area contributed by atoms with E-state index in [0.29, 0.717) is 62.0 Å². The Kier molecular flexibility index (Phi) is 9.31. The van der Waals surface area contributed by atoms with Crippen molar-refractivity contribution in [1.82, 2.24) is 19.8 Å². The maximum atomic E-state index is 14.7. The molecule has 1 atom stereocenters. The molecule has 38 heavy (non-hydrogen) atoms. The first kappa shape index (κ1) is 28.0. The van der Waals surface area contributed by atoms with Gasteiger partial charge in [0.15, 0.2) is 11.6 Å². The quantitative estimate of drug-likeness (QED) is 0.498. The molecule has 2 fully saturated rings. The molecule has 3 heterocycles. The normalized spacial score (nSPS) is 19.3. The van der Waals surface area contributed by atoms with Gasteiger partial charge in [-0.1, -0.05) is 26.0 Å². The molecule has 2 N–H and O–H groups in total. The number of hydrogen-bond donors (Lipinski definition) is 1. The molecular formula is C29H40FN5O3.